The minimum Gasteiger partial charge on any atom is -0.462 e. The van der Waals surface area contributed by atoms with Gasteiger partial charge in [-0.1, -0.05) is 11.6 Å². The molecular weight excluding hydrogens is 297 g/mol. The molecule has 0 amide bonds. The van der Waals surface area contributed by atoms with Crippen LogP contribution in [0.25, 0.3) is 0 Å². The number of nitrogen functional groups attached to an aromatic ring is 1. The summed E-state index contributed by atoms with van der Waals surface area (Å²) in [6.07, 6.45) is 0. The van der Waals surface area contributed by atoms with Crippen molar-refractivity contribution in [2.75, 3.05) is 12.3 Å². The van der Waals surface area contributed by atoms with Crippen molar-refractivity contribution >= 4 is 23.3 Å². The minimum absolute atomic E-state index is 0.00739. The third kappa shape index (κ3) is 3.64. The fraction of sp³-hybridized carbons (Fsp3) is 0.133. The topological polar surface area (TPSA) is 61.5 Å². The van der Waals surface area contributed by atoms with E-state index in [1.54, 1.807) is 6.92 Å². The van der Waals surface area contributed by atoms with Gasteiger partial charge in [0.25, 0.3) is 0 Å². The number of carbonyl (C=O) groups is 1. The highest BCUT2D eigenvalue weighted by Gasteiger charge is 2.11. The van der Waals surface area contributed by atoms with E-state index >= 15 is 0 Å². The smallest absolute Gasteiger partial charge is 0.338 e. The largest absolute Gasteiger partial charge is 0.462 e. The highest BCUT2D eigenvalue weighted by atomic mass is 35.5. The zero-order valence-electron chi connectivity index (χ0n) is 11.2. The number of esters is 1. The van der Waals surface area contributed by atoms with Gasteiger partial charge >= 0.3 is 5.97 Å². The van der Waals surface area contributed by atoms with Crippen LogP contribution in [-0.4, -0.2) is 12.6 Å². The second-order valence-corrected chi connectivity index (χ2v) is 4.56. The van der Waals surface area contributed by atoms with Gasteiger partial charge in [-0.25, -0.2) is 9.18 Å². The molecule has 110 valence electrons. The minimum atomic E-state index is -0.587. The molecule has 2 rings (SSSR count). The van der Waals surface area contributed by atoms with E-state index in [0.29, 0.717) is 11.3 Å². The van der Waals surface area contributed by atoms with Crippen molar-refractivity contribution in [2.45, 2.75) is 6.92 Å². The highest BCUT2D eigenvalue weighted by molar-refractivity contribution is 6.30. The Morgan fingerprint density at radius 3 is 2.67 bits per heavy atom. The molecule has 2 aromatic carbocycles. The summed E-state index contributed by atoms with van der Waals surface area (Å²) in [6, 6.07) is 8.55. The second kappa shape index (κ2) is 6.45. The number of carbonyl (C=O) groups excluding carboxylic acids is 1. The fourth-order valence-corrected chi connectivity index (χ4v) is 1.77. The molecule has 4 nitrogen and oxygen atoms in total. The number of rotatable bonds is 4. The quantitative estimate of drug-likeness (QED) is 0.684. The summed E-state index contributed by atoms with van der Waals surface area (Å²) in [5.41, 5.74) is 6.39. The average Bonchev–Trinajstić information content (AvgIpc) is 2.45. The zero-order chi connectivity index (χ0) is 15.4. The first-order valence-electron chi connectivity index (χ1n) is 6.20. The fourth-order valence-electron chi connectivity index (χ4n) is 1.65. The van der Waals surface area contributed by atoms with Gasteiger partial charge in [-0.2, -0.15) is 0 Å². The molecule has 0 spiro atoms. The molecule has 0 aliphatic heterocycles. The molecule has 0 atom stereocenters. The Morgan fingerprint density at radius 1 is 1.29 bits per heavy atom. The van der Waals surface area contributed by atoms with Crippen LogP contribution < -0.4 is 10.5 Å². The van der Waals surface area contributed by atoms with E-state index in [-0.39, 0.29) is 23.1 Å². The predicted octanol–water partition coefficient (Wildman–Crippen LogP) is 4.03. The van der Waals surface area contributed by atoms with Gasteiger partial charge in [-0.15, -0.1) is 0 Å². The molecule has 2 N–H and O–H groups in total. The van der Waals surface area contributed by atoms with Gasteiger partial charge in [0.15, 0.2) is 0 Å². The van der Waals surface area contributed by atoms with Crippen molar-refractivity contribution in [3.8, 4) is 11.5 Å². The van der Waals surface area contributed by atoms with Gasteiger partial charge in [-0.05, 0) is 37.3 Å². The second-order valence-electron chi connectivity index (χ2n) is 4.15. The molecule has 6 heteroatoms. The first-order valence-corrected chi connectivity index (χ1v) is 6.58. The van der Waals surface area contributed by atoms with Crippen LogP contribution >= 0.6 is 11.6 Å². The lowest BCUT2D eigenvalue weighted by molar-refractivity contribution is 0.0526. The molecule has 0 bridgehead atoms. The van der Waals surface area contributed by atoms with Crippen molar-refractivity contribution in [3.63, 3.8) is 0 Å². The molecule has 21 heavy (non-hydrogen) atoms. The van der Waals surface area contributed by atoms with E-state index < -0.39 is 11.8 Å². The molecule has 0 saturated heterocycles. The normalized spacial score (nSPS) is 10.2. The number of benzene rings is 2. The van der Waals surface area contributed by atoms with Crippen molar-refractivity contribution in [2.24, 2.45) is 0 Å². The Balaban J connectivity index is 2.21. The predicted molar refractivity (Wildman–Crippen MR) is 78.3 cm³/mol. The van der Waals surface area contributed by atoms with Crippen molar-refractivity contribution in [1.82, 2.24) is 0 Å². The Bertz CT molecular complexity index is 676. The maximum atomic E-state index is 13.3. The van der Waals surface area contributed by atoms with Gasteiger partial charge in [0.1, 0.15) is 17.3 Å². The third-order valence-corrected chi connectivity index (χ3v) is 2.95. The number of hydrogen-bond acceptors (Lipinski definition) is 4. The molecule has 0 fully saturated rings. The van der Waals surface area contributed by atoms with Crippen LogP contribution in [0, 0.1) is 5.82 Å². The number of nitrogens with two attached hydrogens (primary N) is 1. The molecule has 0 unspecified atom stereocenters. The third-order valence-electron chi connectivity index (χ3n) is 2.64. The van der Waals surface area contributed by atoms with E-state index in [4.69, 9.17) is 26.8 Å². The Labute approximate surface area is 126 Å². The molecule has 0 aliphatic carbocycles. The van der Waals surface area contributed by atoms with Gasteiger partial charge in [0, 0.05) is 6.07 Å². The van der Waals surface area contributed by atoms with Crippen molar-refractivity contribution in [3.05, 3.63) is 52.8 Å². The summed E-state index contributed by atoms with van der Waals surface area (Å²) in [4.78, 5) is 11.6. The SMILES string of the molecule is CCOC(=O)c1ccc(Oc2ccc(Cl)c(F)c2)c(N)c1. The van der Waals surface area contributed by atoms with Crippen molar-refractivity contribution in [1.29, 1.82) is 0 Å². The number of anilines is 1. The maximum Gasteiger partial charge on any atom is 0.338 e. The summed E-state index contributed by atoms with van der Waals surface area (Å²) < 4.78 is 23.7. The lowest BCUT2D eigenvalue weighted by Crippen LogP contribution is -2.05. The van der Waals surface area contributed by atoms with Gasteiger partial charge in [-0.3, -0.25) is 0 Å². The molecule has 0 radical (unpaired) electrons. The van der Waals surface area contributed by atoms with Crippen LogP contribution in [0.3, 0.4) is 0 Å². The molecule has 0 aliphatic rings. The van der Waals surface area contributed by atoms with Crippen molar-refractivity contribution < 1.29 is 18.7 Å². The molecule has 0 saturated carbocycles. The van der Waals surface area contributed by atoms with Crippen LogP contribution in [0.4, 0.5) is 10.1 Å². The monoisotopic (exact) mass is 309 g/mol. The Hall–Kier alpha value is -2.27. The van der Waals surface area contributed by atoms with E-state index in [1.807, 2.05) is 0 Å². The van der Waals surface area contributed by atoms with Crippen LogP contribution in [-0.2, 0) is 4.74 Å². The standard InChI is InChI=1S/C15H13ClFNO3/c1-2-20-15(19)9-3-6-14(13(18)7-9)21-10-4-5-11(16)12(17)8-10/h3-8H,2,18H2,1H3. The molecule has 2 aromatic rings. The average molecular weight is 310 g/mol. The van der Waals surface area contributed by atoms with E-state index in [9.17, 15) is 9.18 Å². The number of hydrogen-bond donors (Lipinski definition) is 1. The van der Waals surface area contributed by atoms with Gasteiger partial charge in [0.2, 0.25) is 0 Å². The molecular formula is C15H13ClFNO3. The van der Waals surface area contributed by atoms with E-state index in [1.165, 1.54) is 30.3 Å². The summed E-state index contributed by atoms with van der Waals surface area (Å²) in [7, 11) is 0. The van der Waals surface area contributed by atoms with E-state index in [2.05, 4.69) is 0 Å². The van der Waals surface area contributed by atoms with E-state index in [0.717, 1.165) is 6.07 Å². The summed E-state index contributed by atoms with van der Waals surface area (Å²) >= 11 is 5.59. The Morgan fingerprint density at radius 2 is 2.05 bits per heavy atom. The molecule has 0 aromatic heterocycles. The van der Waals surface area contributed by atoms with Crippen LogP contribution in [0.2, 0.25) is 5.02 Å². The first kappa shape index (κ1) is 15.1. The van der Waals surface area contributed by atoms with Gasteiger partial charge in [0.05, 0.1) is 22.9 Å². The number of halogens is 2. The Kier molecular flexibility index (Phi) is 4.65. The van der Waals surface area contributed by atoms with Crippen LogP contribution in [0.15, 0.2) is 36.4 Å². The lowest BCUT2D eigenvalue weighted by atomic mass is 10.2. The highest BCUT2D eigenvalue weighted by Crippen LogP contribution is 2.30. The van der Waals surface area contributed by atoms with Gasteiger partial charge < -0.3 is 15.2 Å². The number of ether oxygens (including phenoxy) is 2. The lowest BCUT2D eigenvalue weighted by Gasteiger charge is -2.10. The first-order chi connectivity index (χ1) is 10.0. The van der Waals surface area contributed by atoms with Crippen LogP contribution in [0.1, 0.15) is 17.3 Å². The maximum absolute atomic E-state index is 13.3. The summed E-state index contributed by atoms with van der Waals surface area (Å²) in [5.74, 6) is -0.485. The summed E-state index contributed by atoms with van der Waals surface area (Å²) in [5, 5.41) is 0.00739. The van der Waals surface area contributed by atoms with Crippen LogP contribution in [0.5, 0.6) is 11.5 Å². The zero-order valence-corrected chi connectivity index (χ0v) is 12.0. The molecule has 0 heterocycles. The summed E-state index contributed by atoms with van der Waals surface area (Å²) in [6.45, 7) is 1.99.